The van der Waals surface area contributed by atoms with Crippen molar-refractivity contribution in [3.05, 3.63) is 12.3 Å². The topological polar surface area (TPSA) is 35.5 Å². The molecule has 12 heavy (non-hydrogen) atoms. The normalized spacial score (nSPS) is 11.7. The van der Waals surface area contributed by atoms with Gasteiger partial charge in [-0.25, -0.2) is 0 Å². The Morgan fingerprint density at radius 2 is 2.00 bits per heavy atom. The average molecular weight is 188 g/mol. The molecule has 70 valence electrons. The van der Waals surface area contributed by atoms with E-state index in [9.17, 15) is 4.79 Å². The minimum absolute atomic E-state index is 0.245. The molecule has 0 unspecified atom stereocenters. The maximum absolute atomic E-state index is 10.6. The smallest absolute Gasteiger partial charge is 0.309 e. The number of hydrogen-bond acceptors (Lipinski definition) is 3. The second kappa shape index (κ2) is 4.98. The zero-order chi connectivity index (χ0) is 9.61. The van der Waals surface area contributed by atoms with Crippen LogP contribution in [-0.2, 0) is 14.0 Å². The summed E-state index contributed by atoms with van der Waals surface area (Å²) in [6.45, 7) is 6.24. The molecule has 0 heterocycles. The van der Waals surface area contributed by atoms with E-state index in [1.165, 1.54) is 7.11 Å². The third kappa shape index (κ3) is 7.34. The molecule has 0 bridgehead atoms. The molecule has 0 spiro atoms. The lowest BCUT2D eigenvalue weighted by molar-refractivity contribution is -0.139. The summed E-state index contributed by atoms with van der Waals surface area (Å²) in [6.07, 6.45) is 3.54. The summed E-state index contributed by atoms with van der Waals surface area (Å²) < 4.78 is 9.82. The molecular weight excluding hydrogens is 172 g/mol. The number of esters is 1. The van der Waals surface area contributed by atoms with Gasteiger partial charge in [0.05, 0.1) is 19.8 Å². The van der Waals surface area contributed by atoms with Crippen LogP contribution in [0.1, 0.15) is 6.42 Å². The van der Waals surface area contributed by atoms with Crippen LogP contribution in [0.2, 0.25) is 19.6 Å². The van der Waals surface area contributed by atoms with E-state index in [2.05, 4.69) is 24.4 Å². The molecule has 0 aromatic rings. The fraction of sp³-hybridized carbons (Fsp3) is 0.625. The van der Waals surface area contributed by atoms with Gasteiger partial charge in [-0.2, -0.15) is 0 Å². The summed E-state index contributed by atoms with van der Waals surface area (Å²) in [5.41, 5.74) is 0. The second-order valence-electron chi connectivity index (χ2n) is 3.38. The highest BCUT2D eigenvalue weighted by atomic mass is 28.4. The largest absolute Gasteiger partial charge is 0.550 e. The highest BCUT2D eigenvalue weighted by Gasteiger charge is 2.12. The lowest BCUT2D eigenvalue weighted by Gasteiger charge is -2.14. The summed E-state index contributed by atoms with van der Waals surface area (Å²) in [5, 5.41) is 0. The minimum atomic E-state index is -1.48. The Balaban J connectivity index is 3.58. The summed E-state index contributed by atoms with van der Waals surface area (Å²) in [7, 11) is -0.108. The standard InChI is InChI=1S/C8H16O3Si/c1-10-8(9)6-5-7-11-12(2,3)4/h5,7H,6H2,1-4H3. The van der Waals surface area contributed by atoms with Crippen molar-refractivity contribution < 1.29 is 14.0 Å². The van der Waals surface area contributed by atoms with Crippen LogP contribution in [0.15, 0.2) is 12.3 Å². The van der Waals surface area contributed by atoms with Crippen molar-refractivity contribution in [2.24, 2.45) is 0 Å². The fourth-order valence-electron chi connectivity index (χ4n) is 0.480. The van der Waals surface area contributed by atoms with Crippen molar-refractivity contribution in [2.75, 3.05) is 7.11 Å². The Hall–Kier alpha value is -0.773. The number of ether oxygens (including phenoxy) is 1. The van der Waals surface area contributed by atoms with Crippen LogP contribution in [0, 0.1) is 0 Å². The molecule has 0 saturated carbocycles. The van der Waals surface area contributed by atoms with Gasteiger partial charge in [-0.1, -0.05) is 0 Å². The van der Waals surface area contributed by atoms with Crippen LogP contribution in [0.25, 0.3) is 0 Å². The van der Waals surface area contributed by atoms with Gasteiger partial charge in [0.1, 0.15) is 0 Å². The van der Waals surface area contributed by atoms with Crippen LogP contribution in [0.3, 0.4) is 0 Å². The van der Waals surface area contributed by atoms with Crippen molar-refractivity contribution in [3.63, 3.8) is 0 Å². The van der Waals surface area contributed by atoms with Crippen molar-refractivity contribution in [1.82, 2.24) is 0 Å². The zero-order valence-corrected chi connectivity index (χ0v) is 9.09. The number of carbonyl (C=O) groups excluding carboxylic acids is 1. The van der Waals surface area contributed by atoms with E-state index in [1.54, 1.807) is 12.3 Å². The maximum atomic E-state index is 10.6. The molecule has 0 aromatic heterocycles. The quantitative estimate of drug-likeness (QED) is 0.384. The molecule has 0 aliphatic heterocycles. The van der Waals surface area contributed by atoms with Gasteiger partial charge in [0.2, 0.25) is 8.32 Å². The van der Waals surface area contributed by atoms with Crippen LogP contribution >= 0.6 is 0 Å². The van der Waals surface area contributed by atoms with E-state index in [0.717, 1.165) is 0 Å². The molecule has 3 nitrogen and oxygen atoms in total. The highest BCUT2D eigenvalue weighted by Crippen LogP contribution is 2.02. The zero-order valence-electron chi connectivity index (χ0n) is 8.09. The number of rotatable bonds is 4. The SMILES string of the molecule is COC(=O)CC=CO[Si](C)(C)C. The van der Waals surface area contributed by atoms with Crippen molar-refractivity contribution in [2.45, 2.75) is 26.1 Å². The van der Waals surface area contributed by atoms with Gasteiger partial charge < -0.3 is 9.16 Å². The molecule has 0 rings (SSSR count). The van der Waals surface area contributed by atoms with Crippen LogP contribution < -0.4 is 0 Å². The predicted molar refractivity (Wildman–Crippen MR) is 50.2 cm³/mol. The fourth-order valence-corrected chi connectivity index (χ4v) is 0.984. The third-order valence-electron chi connectivity index (χ3n) is 1.03. The molecular formula is C8H16O3Si. The molecule has 0 aliphatic carbocycles. The Kier molecular flexibility index (Phi) is 4.66. The van der Waals surface area contributed by atoms with Gasteiger partial charge in [0, 0.05) is 0 Å². The Labute approximate surface area is 74.5 Å². The molecule has 0 saturated heterocycles. The first-order chi connectivity index (χ1) is 5.45. The Morgan fingerprint density at radius 1 is 1.42 bits per heavy atom. The lowest BCUT2D eigenvalue weighted by Crippen LogP contribution is -2.21. The first-order valence-corrected chi connectivity index (χ1v) is 7.26. The maximum Gasteiger partial charge on any atom is 0.309 e. The van der Waals surface area contributed by atoms with Gasteiger partial charge in [-0.05, 0) is 25.7 Å². The molecule has 0 atom stereocenters. The van der Waals surface area contributed by atoms with Gasteiger partial charge in [-0.15, -0.1) is 0 Å². The van der Waals surface area contributed by atoms with E-state index >= 15 is 0 Å². The van der Waals surface area contributed by atoms with E-state index in [1.807, 2.05) is 0 Å². The third-order valence-corrected chi connectivity index (χ3v) is 1.87. The first-order valence-electron chi connectivity index (χ1n) is 3.85. The Bertz CT molecular complexity index is 170. The van der Waals surface area contributed by atoms with Crippen molar-refractivity contribution in [3.8, 4) is 0 Å². The van der Waals surface area contributed by atoms with Gasteiger partial charge in [0.15, 0.2) is 0 Å². The van der Waals surface area contributed by atoms with E-state index in [0.29, 0.717) is 0 Å². The monoisotopic (exact) mass is 188 g/mol. The first kappa shape index (κ1) is 11.2. The van der Waals surface area contributed by atoms with Crippen LogP contribution in [0.5, 0.6) is 0 Å². The van der Waals surface area contributed by atoms with E-state index in [4.69, 9.17) is 4.43 Å². The molecule has 4 heteroatoms. The molecule has 0 radical (unpaired) electrons. The number of methoxy groups -OCH3 is 1. The molecule has 0 amide bonds. The van der Waals surface area contributed by atoms with Gasteiger partial charge in [-0.3, -0.25) is 4.79 Å². The van der Waals surface area contributed by atoms with Crippen LogP contribution in [-0.4, -0.2) is 21.4 Å². The summed E-state index contributed by atoms with van der Waals surface area (Å²) in [4.78, 5) is 10.6. The lowest BCUT2D eigenvalue weighted by atomic mass is 10.4. The van der Waals surface area contributed by atoms with Gasteiger partial charge in [0.25, 0.3) is 0 Å². The number of hydrogen-bond donors (Lipinski definition) is 0. The Morgan fingerprint density at radius 3 is 2.42 bits per heavy atom. The number of carbonyl (C=O) groups is 1. The molecule has 0 fully saturated rings. The summed E-state index contributed by atoms with van der Waals surface area (Å²) >= 11 is 0. The average Bonchev–Trinajstić information content (AvgIpc) is 1.96. The summed E-state index contributed by atoms with van der Waals surface area (Å²) in [6, 6.07) is 0. The summed E-state index contributed by atoms with van der Waals surface area (Å²) in [5.74, 6) is -0.245. The second-order valence-corrected chi connectivity index (χ2v) is 7.84. The molecule has 0 aromatic carbocycles. The predicted octanol–water partition coefficient (Wildman–Crippen LogP) is 1.91. The van der Waals surface area contributed by atoms with Gasteiger partial charge >= 0.3 is 5.97 Å². The molecule has 0 N–H and O–H groups in total. The van der Waals surface area contributed by atoms with Crippen molar-refractivity contribution in [1.29, 1.82) is 0 Å². The van der Waals surface area contributed by atoms with Crippen molar-refractivity contribution >= 4 is 14.3 Å². The van der Waals surface area contributed by atoms with Crippen LogP contribution in [0.4, 0.5) is 0 Å². The minimum Gasteiger partial charge on any atom is -0.550 e. The van der Waals surface area contributed by atoms with E-state index in [-0.39, 0.29) is 12.4 Å². The highest BCUT2D eigenvalue weighted by molar-refractivity contribution is 6.69. The van der Waals surface area contributed by atoms with E-state index < -0.39 is 8.32 Å². The molecule has 0 aliphatic rings.